The summed E-state index contributed by atoms with van der Waals surface area (Å²) in [5.74, 6) is 1.45. The lowest BCUT2D eigenvalue weighted by Crippen LogP contribution is -2.39. The molecule has 1 unspecified atom stereocenters. The molecule has 1 atom stereocenters. The van der Waals surface area contributed by atoms with E-state index in [1.807, 2.05) is 18.5 Å². The molecule has 0 radical (unpaired) electrons. The minimum Gasteiger partial charge on any atom is -0.389 e. The van der Waals surface area contributed by atoms with Crippen LogP contribution < -0.4 is 10.6 Å². The van der Waals surface area contributed by atoms with Crippen molar-refractivity contribution in [2.75, 3.05) is 32.8 Å². The molecular formula is C18H33N5O2. The van der Waals surface area contributed by atoms with Crippen molar-refractivity contribution in [1.82, 2.24) is 20.4 Å². The monoisotopic (exact) mass is 351 g/mol. The van der Waals surface area contributed by atoms with E-state index in [4.69, 9.17) is 4.74 Å². The number of aryl methyl sites for hydroxylation is 3. The second kappa shape index (κ2) is 10.4. The molecule has 3 N–H and O–H groups in total. The summed E-state index contributed by atoms with van der Waals surface area (Å²) in [4.78, 5) is 4.43. The number of guanidine groups is 1. The lowest BCUT2D eigenvalue weighted by Gasteiger charge is -2.13. The van der Waals surface area contributed by atoms with Crippen molar-refractivity contribution in [1.29, 1.82) is 0 Å². The van der Waals surface area contributed by atoms with Gasteiger partial charge in [0, 0.05) is 31.9 Å². The Morgan fingerprint density at radius 1 is 1.44 bits per heavy atom. The lowest BCUT2D eigenvalue weighted by atomic mass is 10.3. The molecule has 2 rings (SSSR count). The second-order valence-corrected chi connectivity index (χ2v) is 6.78. The highest BCUT2D eigenvalue weighted by Gasteiger charge is 2.21. The van der Waals surface area contributed by atoms with E-state index < -0.39 is 6.10 Å². The van der Waals surface area contributed by atoms with Crippen LogP contribution in [0.3, 0.4) is 0 Å². The fraction of sp³-hybridized carbons (Fsp3) is 0.778. The molecule has 0 saturated heterocycles. The van der Waals surface area contributed by atoms with Crippen LogP contribution in [0.5, 0.6) is 0 Å². The Hall–Kier alpha value is -1.60. The van der Waals surface area contributed by atoms with Gasteiger partial charge in [0.1, 0.15) is 0 Å². The summed E-state index contributed by atoms with van der Waals surface area (Å²) in [6.45, 7) is 10.1. The molecule has 1 saturated carbocycles. The highest BCUT2D eigenvalue weighted by molar-refractivity contribution is 5.79. The van der Waals surface area contributed by atoms with Gasteiger partial charge in [0.05, 0.1) is 24.9 Å². The minimum atomic E-state index is -0.552. The number of hydrogen-bond donors (Lipinski definition) is 3. The van der Waals surface area contributed by atoms with Crippen LogP contribution in [0.2, 0.25) is 0 Å². The average Bonchev–Trinajstić information content (AvgIpc) is 3.33. The van der Waals surface area contributed by atoms with Gasteiger partial charge in [-0.15, -0.1) is 0 Å². The first kappa shape index (κ1) is 19.7. The Morgan fingerprint density at radius 3 is 2.88 bits per heavy atom. The largest absolute Gasteiger partial charge is 0.389 e. The van der Waals surface area contributed by atoms with Crippen LogP contribution in [0.15, 0.2) is 11.1 Å². The fourth-order valence-electron chi connectivity index (χ4n) is 2.58. The molecule has 0 spiro atoms. The second-order valence-electron chi connectivity index (χ2n) is 6.78. The van der Waals surface area contributed by atoms with Gasteiger partial charge in [-0.1, -0.05) is 0 Å². The number of ether oxygens (including phenoxy) is 1. The predicted molar refractivity (Wildman–Crippen MR) is 99.8 cm³/mol. The van der Waals surface area contributed by atoms with E-state index in [1.54, 1.807) is 0 Å². The first-order chi connectivity index (χ1) is 12.1. The molecule has 0 bridgehead atoms. The van der Waals surface area contributed by atoms with Gasteiger partial charge in [0.15, 0.2) is 5.96 Å². The number of aliphatic hydroxyl groups excluding tert-OH is 1. The Kier molecular flexibility index (Phi) is 8.21. The predicted octanol–water partition coefficient (Wildman–Crippen LogP) is 1.23. The minimum absolute atomic E-state index is 0.345. The molecule has 1 aromatic heterocycles. The van der Waals surface area contributed by atoms with Gasteiger partial charge in [0.25, 0.3) is 0 Å². The molecular weight excluding hydrogens is 318 g/mol. The highest BCUT2D eigenvalue weighted by Crippen LogP contribution is 2.28. The summed E-state index contributed by atoms with van der Waals surface area (Å²) in [5.41, 5.74) is 2.24. The standard InChI is InChI=1S/C18H33N5O2/c1-4-19-18(21-11-17(24)13-25-12-16-6-7-16)20-8-5-9-23-15(3)10-14(2)22-23/h10,16-17,24H,4-9,11-13H2,1-3H3,(H2,19,20,21). The SMILES string of the molecule is CCNC(=NCC(O)COCC1CC1)NCCCn1nc(C)cc1C. The molecule has 7 nitrogen and oxygen atoms in total. The number of aliphatic imine (C=N–C) groups is 1. The van der Waals surface area contributed by atoms with Gasteiger partial charge < -0.3 is 20.5 Å². The van der Waals surface area contributed by atoms with Crippen molar-refractivity contribution < 1.29 is 9.84 Å². The first-order valence-corrected chi connectivity index (χ1v) is 9.37. The molecule has 1 aliphatic rings. The molecule has 1 aromatic rings. The van der Waals surface area contributed by atoms with E-state index in [0.29, 0.717) is 13.2 Å². The molecule has 1 heterocycles. The van der Waals surface area contributed by atoms with Crippen LogP contribution in [0, 0.1) is 19.8 Å². The van der Waals surface area contributed by atoms with E-state index >= 15 is 0 Å². The van der Waals surface area contributed by atoms with E-state index in [1.165, 1.54) is 18.5 Å². The normalized spacial score (nSPS) is 16.1. The maximum atomic E-state index is 9.95. The van der Waals surface area contributed by atoms with Crippen LogP contribution in [-0.2, 0) is 11.3 Å². The Labute approximate surface area is 150 Å². The van der Waals surface area contributed by atoms with E-state index in [0.717, 1.165) is 50.2 Å². The van der Waals surface area contributed by atoms with Gasteiger partial charge in [-0.25, -0.2) is 0 Å². The van der Waals surface area contributed by atoms with Crippen LogP contribution in [-0.4, -0.2) is 59.8 Å². The third-order valence-corrected chi connectivity index (χ3v) is 4.11. The summed E-state index contributed by atoms with van der Waals surface area (Å²) >= 11 is 0. The van der Waals surface area contributed by atoms with E-state index in [2.05, 4.69) is 33.7 Å². The number of nitrogens with zero attached hydrogens (tertiary/aromatic N) is 3. The Bertz CT molecular complexity index is 540. The van der Waals surface area contributed by atoms with Gasteiger partial charge in [-0.05, 0) is 52.0 Å². The zero-order valence-electron chi connectivity index (χ0n) is 15.8. The third kappa shape index (κ3) is 7.88. The van der Waals surface area contributed by atoms with Crippen molar-refractivity contribution in [2.24, 2.45) is 10.9 Å². The first-order valence-electron chi connectivity index (χ1n) is 9.37. The zero-order chi connectivity index (χ0) is 18.1. The van der Waals surface area contributed by atoms with Crippen molar-refractivity contribution in [3.05, 3.63) is 17.5 Å². The maximum Gasteiger partial charge on any atom is 0.191 e. The van der Waals surface area contributed by atoms with Gasteiger partial charge in [0.2, 0.25) is 0 Å². The van der Waals surface area contributed by atoms with Crippen LogP contribution in [0.25, 0.3) is 0 Å². The molecule has 0 aromatic carbocycles. The fourth-order valence-corrected chi connectivity index (χ4v) is 2.58. The van der Waals surface area contributed by atoms with Gasteiger partial charge >= 0.3 is 0 Å². The number of aromatic nitrogens is 2. The van der Waals surface area contributed by atoms with Crippen LogP contribution in [0.1, 0.15) is 37.6 Å². The molecule has 1 aliphatic carbocycles. The van der Waals surface area contributed by atoms with Crippen molar-refractivity contribution in [2.45, 2.75) is 52.7 Å². The van der Waals surface area contributed by atoms with Crippen LogP contribution >= 0.6 is 0 Å². The lowest BCUT2D eigenvalue weighted by molar-refractivity contribution is 0.0368. The molecule has 7 heteroatoms. The highest BCUT2D eigenvalue weighted by atomic mass is 16.5. The number of hydrogen-bond acceptors (Lipinski definition) is 4. The van der Waals surface area contributed by atoms with Gasteiger partial charge in [-0.3, -0.25) is 9.67 Å². The number of aliphatic hydroxyl groups is 1. The number of rotatable bonds is 11. The summed E-state index contributed by atoms with van der Waals surface area (Å²) in [6.07, 6.45) is 2.93. The zero-order valence-corrected chi connectivity index (χ0v) is 15.8. The third-order valence-electron chi connectivity index (χ3n) is 4.11. The molecule has 1 fully saturated rings. The molecule has 142 valence electrons. The smallest absolute Gasteiger partial charge is 0.191 e. The quantitative estimate of drug-likeness (QED) is 0.317. The summed E-state index contributed by atoms with van der Waals surface area (Å²) in [7, 11) is 0. The summed E-state index contributed by atoms with van der Waals surface area (Å²) in [6, 6.07) is 2.09. The maximum absolute atomic E-state index is 9.95. The van der Waals surface area contributed by atoms with Crippen molar-refractivity contribution in [3.8, 4) is 0 Å². The van der Waals surface area contributed by atoms with Crippen molar-refractivity contribution in [3.63, 3.8) is 0 Å². The van der Waals surface area contributed by atoms with Crippen molar-refractivity contribution >= 4 is 5.96 Å². The van der Waals surface area contributed by atoms with Gasteiger partial charge in [-0.2, -0.15) is 5.10 Å². The topological polar surface area (TPSA) is 83.7 Å². The molecule has 0 aliphatic heterocycles. The Balaban J connectivity index is 1.64. The summed E-state index contributed by atoms with van der Waals surface area (Å²) in [5, 5.41) is 20.9. The number of nitrogens with one attached hydrogen (secondary N) is 2. The van der Waals surface area contributed by atoms with E-state index in [-0.39, 0.29) is 0 Å². The molecule has 0 amide bonds. The Morgan fingerprint density at radius 2 is 2.24 bits per heavy atom. The summed E-state index contributed by atoms with van der Waals surface area (Å²) < 4.78 is 7.53. The average molecular weight is 351 g/mol. The molecule has 25 heavy (non-hydrogen) atoms. The van der Waals surface area contributed by atoms with Crippen LogP contribution in [0.4, 0.5) is 0 Å². The van der Waals surface area contributed by atoms with E-state index in [9.17, 15) is 5.11 Å².